The van der Waals surface area contributed by atoms with Gasteiger partial charge in [-0.15, -0.1) is 0 Å². The van der Waals surface area contributed by atoms with Crippen molar-refractivity contribution in [2.75, 3.05) is 12.0 Å². The molecule has 0 saturated carbocycles. The maximum Gasteiger partial charge on any atom is 0.326 e. The van der Waals surface area contributed by atoms with Crippen LogP contribution in [0.15, 0.2) is 0 Å². The molecule has 8 heteroatoms. The number of urea groups is 1. The van der Waals surface area contributed by atoms with Crippen molar-refractivity contribution in [2.45, 2.75) is 38.8 Å². The Morgan fingerprint density at radius 2 is 1.90 bits per heavy atom. The summed E-state index contributed by atoms with van der Waals surface area (Å²) in [5.74, 6) is -1.13. The van der Waals surface area contributed by atoms with E-state index in [1.54, 1.807) is 6.92 Å². The van der Waals surface area contributed by atoms with Crippen LogP contribution in [0, 0.1) is 5.92 Å². The largest absolute Gasteiger partial charge is 0.480 e. The first-order valence-corrected chi connectivity index (χ1v) is 7.80. The Morgan fingerprint density at radius 3 is 2.30 bits per heavy atom. The first-order chi connectivity index (χ1) is 9.33. The van der Waals surface area contributed by atoms with Crippen molar-refractivity contribution in [3.8, 4) is 0 Å². The number of hydrogen-bond acceptors (Lipinski definition) is 4. The van der Waals surface area contributed by atoms with Crippen molar-refractivity contribution in [2.24, 2.45) is 11.7 Å². The molecule has 0 heterocycles. The summed E-state index contributed by atoms with van der Waals surface area (Å²) in [7, 11) is 0. The number of carbonyl (C=O) groups is 3. The zero-order valence-electron chi connectivity index (χ0n) is 12.0. The number of hydrogen-bond donors (Lipinski definition) is 4. The van der Waals surface area contributed by atoms with Crippen molar-refractivity contribution in [3.63, 3.8) is 0 Å². The third-order valence-corrected chi connectivity index (χ3v) is 3.66. The number of carboxylic acid groups (broad SMARTS) is 1. The highest BCUT2D eigenvalue weighted by Gasteiger charge is 2.28. The summed E-state index contributed by atoms with van der Waals surface area (Å²) >= 11 is 1.50. The average Bonchev–Trinajstić information content (AvgIpc) is 2.38. The third kappa shape index (κ3) is 6.65. The lowest BCUT2D eigenvalue weighted by atomic mass is 9.98. The summed E-state index contributed by atoms with van der Waals surface area (Å²) in [5, 5.41) is 13.9. The van der Waals surface area contributed by atoms with Gasteiger partial charge in [0, 0.05) is 0 Å². The second-order valence-corrected chi connectivity index (χ2v) is 5.54. The normalized spacial score (nSPS) is 14.9. The summed E-state index contributed by atoms with van der Waals surface area (Å²) in [5.41, 5.74) is 5.04. The van der Waals surface area contributed by atoms with Crippen LogP contribution in [0.5, 0.6) is 0 Å². The summed E-state index contributed by atoms with van der Waals surface area (Å²) in [6, 6.07) is -2.59. The molecular weight excluding hydrogens is 282 g/mol. The first kappa shape index (κ1) is 18.6. The van der Waals surface area contributed by atoms with Crippen LogP contribution >= 0.6 is 11.8 Å². The highest BCUT2D eigenvalue weighted by atomic mass is 32.2. The molecule has 3 atom stereocenters. The van der Waals surface area contributed by atoms with Gasteiger partial charge < -0.3 is 21.5 Å². The second kappa shape index (κ2) is 9.46. The highest BCUT2D eigenvalue weighted by molar-refractivity contribution is 7.98. The van der Waals surface area contributed by atoms with Gasteiger partial charge in [-0.3, -0.25) is 4.79 Å². The number of aliphatic carboxylic acids is 1. The van der Waals surface area contributed by atoms with E-state index in [0.29, 0.717) is 18.6 Å². The molecule has 0 radical (unpaired) electrons. The SMILES string of the molecule is CCC(C)C(NC(N)=O)C(=O)NC(CCSC)C(=O)O. The quantitative estimate of drug-likeness (QED) is 0.491. The number of amides is 3. The standard InChI is InChI=1S/C12H23N3O4S/c1-4-7(2)9(15-12(13)19)10(16)14-8(11(17)18)5-6-20-3/h7-9H,4-6H2,1-3H3,(H,14,16)(H,17,18)(H3,13,15,19). The summed E-state index contributed by atoms with van der Waals surface area (Å²) < 4.78 is 0. The van der Waals surface area contributed by atoms with Gasteiger partial charge in [0.2, 0.25) is 5.91 Å². The number of carboxylic acids is 1. The van der Waals surface area contributed by atoms with Gasteiger partial charge in [-0.25, -0.2) is 9.59 Å². The lowest BCUT2D eigenvalue weighted by molar-refractivity contribution is -0.142. The summed E-state index contributed by atoms with van der Waals surface area (Å²) in [6.07, 6.45) is 2.84. The van der Waals surface area contributed by atoms with Gasteiger partial charge in [0.15, 0.2) is 0 Å². The van der Waals surface area contributed by atoms with Crippen LogP contribution in [-0.4, -0.2) is 47.1 Å². The van der Waals surface area contributed by atoms with E-state index < -0.39 is 30.0 Å². The van der Waals surface area contributed by atoms with E-state index in [4.69, 9.17) is 10.8 Å². The Morgan fingerprint density at radius 1 is 1.30 bits per heavy atom. The van der Waals surface area contributed by atoms with Gasteiger partial charge in [0.05, 0.1) is 0 Å². The Balaban J connectivity index is 4.77. The van der Waals surface area contributed by atoms with Crippen molar-refractivity contribution in [1.29, 1.82) is 0 Å². The molecule has 0 rings (SSSR count). The van der Waals surface area contributed by atoms with Crippen LogP contribution < -0.4 is 16.4 Å². The second-order valence-electron chi connectivity index (χ2n) is 4.55. The fourth-order valence-electron chi connectivity index (χ4n) is 1.61. The molecule has 0 aromatic carbocycles. The zero-order valence-corrected chi connectivity index (χ0v) is 12.8. The minimum Gasteiger partial charge on any atom is -0.480 e. The average molecular weight is 305 g/mol. The van der Waals surface area contributed by atoms with Crippen molar-refractivity contribution >= 4 is 29.7 Å². The number of carbonyl (C=O) groups excluding carboxylic acids is 2. The predicted octanol–water partition coefficient (Wildman–Crippen LogP) is 0.392. The van der Waals surface area contributed by atoms with Crippen LogP contribution in [0.1, 0.15) is 26.7 Å². The molecular formula is C12H23N3O4S. The summed E-state index contributed by atoms with van der Waals surface area (Å²) in [6.45, 7) is 3.66. The van der Waals surface area contributed by atoms with Crippen LogP contribution in [0.4, 0.5) is 4.79 Å². The molecule has 5 N–H and O–H groups in total. The van der Waals surface area contributed by atoms with E-state index in [9.17, 15) is 14.4 Å². The molecule has 7 nitrogen and oxygen atoms in total. The number of nitrogens with two attached hydrogens (primary N) is 1. The number of rotatable bonds is 9. The van der Waals surface area contributed by atoms with Gasteiger partial charge in [0.1, 0.15) is 12.1 Å². The Bertz CT molecular complexity index is 352. The Labute approximate surface area is 123 Å². The monoisotopic (exact) mass is 305 g/mol. The van der Waals surface area contributed by atoms with Gasteiger partial charge in [-0.2, -0.15) is 11.8 Å². The van der Waals surface area contributed by atoms with Gasteiger partial charge in [0.25, 0.3) is 0 Å². The number of nitrogens with one attached hydrogen (secondary N) is 2. The molecule has 0 aromatic heterocycles. The molecule has 3 amide bonds. The zero-order chi connectivity index (χ0) is 15.7. The molecule has 0 bridgehead atoms. The van der Waals surface area contributed by atoms with Crippen LogP contribution in [0.3, 0.4) is 0 Å². The van der Waals surface area contributed by atoms with E-state index in [1.165, 1.54) is 11.8 Å². The first-order valence-electron chi connectivity index (χ1n) is 6.41. The van der Waals surface area contributed by atoms with Gasteiger partial charge in [-0.05, 0) is 24.3 Å². The van der Waals surface area contributed by atoms with E-state index in [0.717, 1.165) is 0 Å². The molecule has 0 aromatic rings. The third-order valence-electron chi connectivity index (χ3n) is 3.02. The number of primary amides is 1. The maximum atomic E-state index is 12.1. The summed E-state index contributed by atoms with van der Waals surface area (Å²) in [4.78, 5) is 34.1. The van der Waals surface area contributed by atoms with Crippen molar-refractivity contribution in [1.82, 2.24) is 10.6 Å². The van der Waals surface area contributed by atoms with Gasteiger partial charge in [-0.1, -0.05) is 20.3 Å². The van der Waals surface area contributed by atoms with Crippen LogP contribution in [0.2, 0.25) is 0 Å². The fourth-order valence-corrected chi connectivity index (χ4v) is 2.08. The maximum absolute atomic E-state index is 12.1. The van der Waals surface area contributed by atoms with E-state index in [2.05, 4.69) is 10.6 Å². The van der Waals surface area contributed by atoms with E-state index in [1.807, 2.05) is 13.2 Å². The molecule has 116 valence electrons. The van der Waals surface area contributed by atoms with Crippen LogP contribution in [0.25, 0.3) is 0 Å². The van der Waals surface area contributed by atoms with Crippen LogP contribution in [-0.2, 0) is 9.59 Å². The Hall–Kier alpha value is -1.44. The molecule has 0 aliphatic heterocycles. The van der Waals surface area contributed by atoms with E-state index >= 15 is 0 Å². The molecule has 0 aliphatic rings. The van der Waals surface area contributed by atoms with Crippen molar-refractivity contribution < 1.29 is 19.5 Å². The topological polar surface area (TPSA) is 122 Å². The predicted molar refractivity (Wildman–Crippen MR) is 78.5 cm³/mol. The van der Waals surface area contributed by atoms with Gasteiger partial charge >= 0.3 is 12.0 Å². The molecule has 20 heavy (non-hydrogen) atoms. The lowest BCUT2D eigenvalue weighted by Crippen LogP contribution is -2.55. The molecule has 0 fully saturated rings. The molecule has 3 unspecified atom stereocenters. The molecule has 0 spiro atoms. The smallest absolute Gasteiger partial charge is 0.326 e. The Kier molecular flexibility index (Phi) is 8.78. The molecule has 0 saturated heterocycles. The minimum atomic E-state index is -1.09. The minimum absolute atomic E-state index is 0.141. The number of thioether (sulfide) groups is 1. The fraction of sp³-hybridized carbons (Fsp3) is 0.750. The lowest BCUT2D eigenvalue weighted by Gasteiger charge is -2.24. The highest BCUT2D eigenvalue weighted by Crippen LogP contribution is 2.09. The van der Waals surface area contributed by atoms with Crippen molar-refractivity contribution in [3.05, 3.63) is 0 Å². The van der Waals surface area contributed by atoms with E-state index in [-0.39, 0.29) is 5.92 Å². The molecule has 0 aliphatic carbocycles.